The summed E-state index contributed by atoms with van der Waals surface area (Å²) in [6, 6.07) is 11.2. The van der Waals surface area contributed by atoms with Gasteiger partial charge in [-0.05, 0) is 24.3 Å². The number of methoxy groups -OCH3 is 1. The van der Waals surface area contributed by atoms with Gasteiger partial charge >= 0.3 is 0 Å². The number of ether oxygens (including phenoxy) is 2. The van der Waals surface area contributed by atoms with E-state index in [9.17, 15) is 14.9 Å². The van der Waals surface area contributed by atoms with E-state index in [-0.39, 0.29) is 11.6 Å². The smallest absolute Gasteiger partial charge is 0.292 e. The Kier molecular flexibility index (Phi) is 7.18. The number of nitrogens with zero attached hydrogens (tertiary/aromatic N) is 1. The quantitative estimate of drug-likeness (QED) is 0.288. The Morgan fingerprint density at radius 2 is 2.00 bits per heavy atom. The lowest BCUT2D eigenvalue weighted by Crippen LogP contribution is -2.28. The summed E-state index contributed by atoms with van der Waals surface area (Å²) in [7, 11) is 1.49. The van der Waals surface area contributed by atoms with Crippen LogP contribution in [0, 0.1) is 10.1 Å². The van der Waals surface area contributed by atoms with Crippen molar-refractivity contribution in [1.82, 2.24) is 5.32 Å². The number of amides is 1. The third-order valence-corrected chi connectivity index (χ3v) is 3.61. The molecule has 0 aliphatic carbocycles. The molecule has 1 amide bonds. The summed E-state index contributed by atoms with van der Waals surface area (Å²) < 4.78 is 10.7. The lowest BCUT2D eigenvalue weighted by atomic mass is 10.2. The van der Waals surface area contributed by atoms with Gasteiger partial charge in [-0.1, -0.05) is 24.8 Å². The molecule has 0 unspecified atom stereocenters. The minimum atomic E-state index is -0.455. The Morgan fingerprint density at radius 1 is 1.22 bits per heavy atom. The topological polar surface area (TPSA) is 103 Å². The second kappa shape index (κ2) is 9.81. The van der Waals surface area contributed by atoms with Crippen molar-refractivity contribution >= 4 is 17.3 Å². The summed E-state index contributed by atoms with van der Waals surface area (Å²) in [4.78, 5) is 22.8. The van der Waals surface area contributed by atoms with E-state index in [1.165, 1.54) is 13.2 Å². The number of nitrogens with one attached hydrogen (secondary N) is 2. The maximum Gasteiger partial charge on any atom is 0.292 e. The fourth-order valence-corrected chi connectivity index (χ4v) is 2.33. The SMILES string of the molecule is C=CCOc1ccc(C(=O)NCCNc2ccccc2[N+](=O)[O-])cc1OC. The highest BCUT2D eigenvalue weighted by Crippen LogP contribution is 2.28. The first-order valence-corrected chi connectivity index (χ1v) is 8.24. The highest BCUT2D eigenvalue weighted by Gasteiger charge is 2.13. The van der Waals surface area contributed by atoms with E-state index in [2.05, 4.69) is 17.2 Å². The molecule has 0 aliphatic rings. The number of carbonyl (C=O) groups is 1. The predicted octanol–water partition coefficient (Wildman–Crippen LogP) is 3.01. The standard InChI is InChI=1S/C19H21N3O5/c1-3-12-27-17-9-8-14(13-18(17)26-2)19(23)21-11-10-20-15-6-4-5-7-16(15)22(24)25/h3-9,13,20H,1,10-12H2,2H3,(H,21,23). The van der Waals surface area contributed by atoms with Gasteiger partial charge in [0.25, 0.3) is 11.6 Å². The van der Waals surface area contributed by atoms with Crippen LogP contribution in [-0.2, 0) is 0 Å². The third-order valence-electron chi connectivity index (χ3n) is 3.61. The minimum Gasteiger partial charge on any atom is -0.493 e. The van der Waals surface area contributed by atoms with Gasteiger partial charge in [0.2, 0.25) is 0 Å². The number of para-hydroxylation sites is 2. The van der Waals surface area contributed by atoms with E-state index in [0.29, 0.717) is 42.4 Å². The maximum absolute atomic E-state index is 12.3. The molecule has 27 heavy (non-hydrogen) atoms. The first-order valence-electron chi connectivity index (χ1n) is 8.24. The molecule has 142 valence electrons. The maximum atomic E-state index is 12.3. The lowest BCUT2D eigenvalue weighted by Gasteiger charge is -2.12. The fourth-order valence-electron chi connectivity index (χ4n) is 2.33. The molecule has 2 aromatic carbocycles. The fraction of sp³-hybridized carbons (Fsp3) is 0.211. The van der Waals surface area contributed by atoms with Gasteiger partial charge < -0.3 is 20.1 Å². The molecular weight excluding hydrogens is 350 g/mol. The van der Waals surface area contributed by atoms with Crippen molar-refractivity contribution in [2.45, 2.75) is 0 Å². The Morgan fingerprint density at radius 3 is 2.70 bits per heavy atom. The number of benzene rings is 2. The lowest BCUT2D eigenvalue weighted by molar-refractivity contribution is -0.384. The monoisotopic (exact) mass is 371 g/mol. The molecule has 0 bridgehead atoms. The number of anilines is 1. The Labute approximate surface area is 156 Å². The molecule has 0 radical (unpaired) electrons. The highest BCUT2D eigenvalue weighted by molar-refractivity contribution is 5.94. The van der Waals surface area contributed by atoms with Crippen LogP contribution in [0.3, 0.4) is 0 Å². The first-order chi connectivity index (χ1) is 13.1. The van der Waals surface area contributed by atoms with E-state index in [1.807, 2.05) is 0 Å². The molecule has 0 saturated carbocycles. The first kappa shape index (κ1) is 19.8. The Balaban J connectivity index is 1.91. The number of nitro benzene ring substituents is 1. The molecule has 0 atom stereocenters. The predicted molar refractivity (Wildman–Crippen MR) is 103 cm³/mol. The van der Waals surface area contributed by atoms with Crippen molar-refractivity contribution in [3.8, 4) is 11.5 Å². The van der Waals surface area contributed by atoms with Gasteiger partial charge in [0.05, 0.1) is 12.0 Å². The number of hydrogen-bond acceptors (Lipinski definition) is 6. The van der Waals surface area contributed by atoms with Crippen molar-refractivity contribution in [1.29, 1.82) is 0 Å². The zero-order chi connectivity index (χ0) is 19.6. The van der Waals surface area contributed by atoms with Crippen LogP contribution in [0.15, 0.2) is 55.1 Å². The van der Waals surface area contributed by atoms with Crippen LogP contribution < -0.4 is 20.1 Å². The van der Waals surface area contributed by atoms with E-state index in [0.717, 1.165) is 0 Å². The number of rotatable bonds is 10. The molecule has 2 N–H and O–H groups in total. The van der Waals surface area contributed by atoms with Crippen LogP contribution >= 0.6 is 0 Å². The van der Waals surface area contributed by atoms with E-state index in [4.69, 9.17) is 9.47 Å². The summed E-state index contributed by atoms with van der Waals surface area (Å²) >= 11 is 0. The van der Waals surface area contributed by atoms with Gasteiger partial charge in [0.1, 0.15) is 12.3 Å². The molecule has 2 aromatic rings. The van der Waals surface area contributed by atoms with Gasteiger partial charge in [0, 0.05) is 24.7 Å². The Bertz CT molecular complexity index is 823. The van der Waals surface area contributed by atoms with Crippen LogP contribution in [0.1, 0.15) is 10.4 Å². The van der Waals surface area contributed by atoms with Crippen molar-refractivity contribution in [2.75, 3.05) is 32.1 Å². The van der Waals surface area contributed by atoms with Crippen molar-refractivity contribution in [2.24, 2.45) is 0 Å². The van der Waals surface area contributed by atoms with Crippen LogP contribution in [0.5, 0.6) is 11.5 Å². The molecular formula is C19H21N3O5. The molecule has 0 aromatic heterocycles. The summed E-state index contributed by atoms with van der Waals surface area (Å²) in [5.74, 6) is 0.683. The average Bonchev–Trinajstić information content (AvgIpc) is 2.69. The molecule has 0 fully saturated rings. The van der Waals surface area contributed by atoms with E-state index in [1.54, 1.807) is 42.5 Å². The molecule has 0 heterocycles. The summed E-state index contributed by atoms with van der Waals surface area (Å²) in [6.07, 6.45) is 1.62. The van der Waals surface area contributed by atoms with Crippen LogP contribution in [0.4, 0.5) is 11.4 Å². The molecule has 0 saturated heterocycles. The normalized spacial score (nSPS) is 9.96. The van der Waals surface area contributed by atoms with E-state index < -0.39 is 4.92 Å². The van der Waals surface area contributed by atoms with Crippen molar-refractivity contribution < 1.29 is 19.2 Å². The molecule has 0 aliphatic heterocycles. The van der Waals surface area contributed by atoms with Gasteiger partial charge in [-0.3, -0.25) is 14.9 Å². The Hall–Kier alpha value is -3.55. The summed E-state index contributed by atoms with van der Waals surface area (Å²) in [5.41, 5.74) is 0.814. The second-order valence-corrected chi connectivity index (χ2v) is 5.42. The number of hydrogen-bond donors (Lipinski definition) is 2. The number of nitro groups is 1. The van der Waals surface area contributed by atoms with Gasteiger partial charge in [-0.2, -0.15) is 0 Å². The third kappa shape index (κ3) is 5.46. The van der Waals surface area contributed by atoms with Crippen LogP contribution in [0.25, 0.3) is 0 Å². The average molecular weight is 371 g/mol. The molecule has 8 heteroatoms. The van der Waals surface area contributed by atoms with E-state index >= 15 is 0 Å². The van der Waals surface area contributed by atoms with Gasteiger partial charge in [-0.15, -0.1) is 0 Å². The largest absolute Gasteiger partial charge is 0.493 e. The summed E-state index contributed by atoms with van der Waals surface area (Å²) in [6.45, 7) is 4.55. The van der Waals surface area contributed by atoms with Crippen molar-refractivity contribution in [3.05, 3.63) is 70.8 Å². The van der Waals surface area contributed by atoms with Crippen LogP contribution in [-0.4, -0.2) is 37.6 Å². The molecule has 2 rings (SSSR count). The highest BCUT2D eigenvalue weighted by atomic mass is 16.6. The van der Waals surface area contributed by atoms with Gasteiger partial charge in [0.15, 0.2) is 11.5 Å². The molecule has 0 spiro atoms. The van der Waals surface area contributed by atoms with Gasteiger partial charge in [-0.25, -0.2) is 0 Å². The second-order valence-electron chi connectivity index (χ2n) is 5.42. The summed E-state index contributed by atoms with van der Waals surface area (Å²) in [5, 5.41) is 16.7. The van der Waals surface area contributed by atoms with Crippen molar-refractivity contribution in [3.63, 3.8) is 0 Å². The number of carbonyl (C=O) groups excluding carboxylic acids is 1. The zero-order valence-electron chi connectivity index (χ0n) is 14.9. The zero-order valence-corrected chi connectivity index (χ0v) is 14.9. The van der Waals surface area contributed by atoms with Crippen LogP contribution in [0.2, 0.25) is 0 Å². The minimum absolute atomic E-state index is 0.0105. The molecule has 8 nitrogen and oxygen atoms in total.